The van der Waals surface area contributed by atoms with Crippen molar-refractivity contribution in [3.05, 3.63) is 59.1 Å². The predicted octanol–water partition coefficient (Wildman–Crippen LogP) is 3.61. The van der Waals surface area contributed by atoms with E-state index in [2.05, 4.69) is 16.2 Å². The number of hydrogen-bond acceptors (Lipinski definition) is 6. The summed E-state index contributed by atoms with van der Waals surface area (Å²) in [7, 11) is 0. The van der Waals surface area contributed by atoms with Crippen molar-refractivity contribution in [2.75, 3.05) is 16.0 Å². The van der Waals surface area contributed by atoms with Gasteiger partial charge < -0.3 is 5.32 Å². The van der Waals surface area contributed by atoms with Gasteiger partial charge in [-0.05, 0) is 49.7 Å². The van der Waals surface area contributed by atoms with Crippen molar-refractivity contribution in [3.8, 4) is 0 Å². The minimum Gasteiger partial charge on any atom is -0.325 e. The predicted molar refractivity (Wildman–Crippen MR) is 124 cm³/mol. The molecule has 156 valence electrons. The van der Waals surface area contributed by atoms with Gasteiger partial charge in [0, 0.05) is 16.8 Å². The molecule has 0 radical (unpaired) electrons. The molecule has 3 unspecified atom stereocenters. The van der Waals surface area contributed by atoms with Gasteiger partial charge in [0.1, 0.15) is 12.0 Å². The molecule has 2 aromatic rings. The van der Waals surface area contributed by atoms with Crippen LogP contribution in [0.2, 0.25) is 5.02 Å². The highest BCUT2D eigenvalue weighted by atomic mass is 35.5. The molecule has 3 atom stereocenters. The zero-order valence-electron chi connectivity index (χ0n) is 16.6. The fourth-order valence-electron chi connectivity index (χ4n) is 3.61. The number of anilines is 2. The largest absolute Gasteiger partial charge is 0.325 e. The molecule has 9 heteroatoms. The van der Waals surface area contributed by atoms with E-state index >= 15 is 0 Å². The standard InChI is InChI=1S/C21H23ClN6OS/c1-12-5-3-7-15(9-12)24-17(29)11-30-21-25-20-18(13(2)26-27-20)19(23)28(21)16-8-4-6-14(22)10-16/h3-10,13,18,20,23,26-27H,11H2,1-2H3,(H,24,29). The van der Waals surface area contributed by atoms with Crippen molar-refractivity contribution in [2.24, 2.45) is 10.9 Å². The summed E-state index contributed by atoms with van der Waals surface area (Å²) in [6.45, 7) is 4.00. The molecule has 0 spiro atoms. The van der Waals surface area contributed by atoms with E-state index in [-0.39, 0.29) is 29.8 Å². The maximum absolute atomic E-state index is 12.5. The number of amides is 1. The summed E-state index contributed by atoms with van der Waals surface area (Å²) in [6.07, 6.45) is -0.245. The Morgan fingerprint density at radius 2 is 2.07 bits per heavy atom. The number of carbonyl (C=O) groups excluding carboxylic acids is 1. The zero-order valence-corrected chi connectivity index (χ0v) is 18.2. The number of nitrogens with one attached hydrogen (secondary N) is 4. The van der Waals surface area contributed by atoms with Crippen LogP contribution in [-0.4, -0.2) is 34.9 Å². The minimum absolute atomic E-state index is 0.0594. The number of halogens is 1. The summed E-state index contributed by atoms with van der Waals surface area (Å²) in [5, 5.41) is 12.9. The summed E-state index contributed by atoms with van der Waals surface area (Å²) in [5.74, 6) is 0.356. The lowest BCUT2D eigenvalue weighted by Gasteiger charge is -2.36. The van der Waals surface area contributed by atoms with Crippen LogP contribution in [0.1, 0.15) is 12.5 Å². The third kappa shape index (κ3) is 4.37. The molecule has 2 aromatic carbocycles. The third-order valence-electron chi connectivity index (χ3n) is 5.04. The van der Waals surface area contributed by atoms with E-state index in [1.165, 1.54) is 11.8 Å². The van der Waals surface area contributed by atoms with Crippen LogP contribution < -0.4 is 21.1 Å². The second kappa shape index (κ2) is 8.77. The number of nitrogens with zero attached hydrogens (tertiary/aromatic N) is 2. The average molecular weight is 443 g/mol. The molecule has 4 rings (SSSR count). The van der Waals surface area contributed by atoms with Gasteiger partial charge in [-0.3, -0.25) is 20.5 Å². The van der Waals surface area contributed by atoms with Crippen LogP contribution >= 0.6 is 23.4 Å². The van der Waals surface area contributed by atoms with Crippen LogP contribution in [0, 0.1) is 18.3 Å². The molecule has 1 fully saturated rings. The number of aryl methyl sites for hydroxylation is 1. The lowest BCUT2D eigenvalue weighted by atomic mass is 9.97. The molecule has 4 N–H and O–H groups in total. The third-order valence-corrected chi connectivity index (χ3v) is 6.22. The van der Waals surface area contributed by atoms with E-state index in [0.717, 1.165) is 16.9 Å². The molecule has 0 aliphatic carbocycles. The number of fused-ring (bicyclic) bond motifs is 1. The summed E-state index contributed by atoms with van der Waals surface area (Å²) < 4.78 is 0. The van der Waals surface area contributed by atoms with Gasteiger partial charge in [0.25, 0.3) is 0 Å². The van der Waals surface area contributed by atoms with E-state index in [1.54, 1.807) is 17.0 Å². The van der Waals surface area contributed by atoms with Crippen molar-refractivity contribution in [2.45, 2.75) is 26.1 Å². The van der Waals surface area contributed by atoms with Crippen LogP contribution in [-0.2, 0) is 4.79 Å². The second-order valence-corrected chi connectivity index (χ2v) is 8.75. The van der Waals surface area contributed by atoms with Crippen LogP contribution in [0.15, 0.2) is 53.5 Å². The summed E-state index contributed by atoms with van der Waals surface area (Å²) in [4.78, 5) is 19.1. The first-order valence-corrected chi connectivity index (χ1v) is 11.0. The molecule has 1 amide bonds. The summed E-state index contributed by atoms with van der Waals surface area (Å²) in [6, 6.07) is 15.1. The molecule has 0 aromatic heterocycles. The summed E-state index contributed by atoms with van der Waals surface area (Å²) in [5.41, 5.74) is 8.91. The summed E-state index contributed by atoms with van der Waals surface area (Å²) >= 11 is 7.50. The van der Waals surface area contributed by atoms with Crippen molar-refractivity contribution in [1.82, 2.24) is 10.9 Å². The van der Waals surface area contributed by atoms with Crippen molar-refractivity contribution < 1.29 is 4.79 Å². The van der Waals surface area contributed by atoms with Crippen molar-refractivity contribution in [3.63, 3.8) is 0 Å². The SMILES string of the molecule is Cc1cccc(NC(=O)CSC2=NC3NNC(C)C3C(=N)N2c2cccc(Cl)c2)c1. The first-order valence-electron chi connectivity index (χ1n) is 9.64. The molecule has 1 saturated heterocycles. The lowest BCUT2D eigenvalue weighted by molar-refractivity contribution is -0.113. The van der Waals surface area contributed by atoms with E-state index in [4.69, 9.17) is 22.0 Å². The van der Waals surface area contributed by atoms with Gasteiger partial charge in [-0.15, -0.1) is 0 Å². The Morgan fingerprint density at radius 3 is 2.83 bits per heavy atom. The molecule has 2 heterocycles. The number of hydrazine groups is 1. The van der Waals surface area contributed by atoms with E-state index in [0.29, 0.717) is 16.0 Å². The minimum atomic E-state index is -0.245. The van der Waals surface area contributed by atoms with Crippen molar-refractivity contribution in [1.29, 1.82) is 5.41 Å². The molecule has 2 aliphatic heterocycles. The van der Waals surface area contributed by atoms with Gasteiger partial charge in [0.2, 0.25) is 5.91 Å². The Morgan fingerprint density at radius 1 is 1.27 bits per heavy atom. The van der Waals surface area contributed by atoms with Crippen molar-refractivity contribution >= 4 is 51.6 Å². The van der Waals surface area contributed by atoms with E-state index < -0.39 is 0 Å². The Labute approximate surface area is 184 Å². The zero-order chi connectivity index (χ0) is 21.3. The van der Waals surface area contributed by atoms with Crippen LogP contribution in [0.5, 0.6) is 0 Å². The van der Waals surface area contributed by atoms with Crippen LogP contribution in [0.4, 0.5) is 11.4 Å². The molecular formula is C21H23ClN6OS. The van der Waals surface area contributed by atoms with E-state index in [9.17, 15) is 4.79 Å². The number of carbonyl (C=O) groups is 1. The number of benzene rings is 2. The van der Waals surface area contributed by atoms with Gasteiger partial charge >= 0.3 is 0 Å². The maximum Gasteiger partial charge on any atom is 0.234 e. The van der Waals surface area contributed by atoms with Gasteiger partial charge in [-0.2, -0.15) is 0 Å². The van der Waals surface area contributed by atoms with Crippen LogP contribution in [0.25, 0.3) is 0 Å². The Bertz CT molecular complexity index is 1010. The molecule has 30 heavy (non-hydrogen) atoms. The maximum atomic E-state index is 12.5. The number of amidine groups is 2. The fraction of sp³-hybridized carbons (Fsp3) is 0.286. The normalized spacial score (nSPS) is 23.2. The van der Waals surface area contributed by atoms with Gasteiger partial charge in [0.15, 0.2) is 5.17 Å². The molecule has 7 nitrogen and oxygen atoms in total. The molecular weight excluding hydrogens is 420 g/mol. The lowest BCUT2D eigenvalue weighted by Crippen LogP contribution is -2.50. The van der Waals surface area contributed by atoms with Gasteiger partial charge in [-0.1, -0.05) is 41.6 Å². The van der Waals surface area contributed by atoms with Crippen LogP contribution in [0.3, 0.4) is 0 Å². The first-order chi connectivity index (χ1) is 14.4. The first kappa shape index (κ1) is 20.9. The average Bonchev–Trinajstić information content (AvgIpc) is 3.07. The number of thioether (sulfide) groups is 1. The number of rotatable bonds is 4. The Kier molecular flexibility index (Phi) is 6.10. The highest BCUT2D eigenvalue weighted by molar-refractivity contribution is 8.14. The highest BCUT2D eigenvalue weighted by Gasteiger charge is 2.43. The quantitative estimate of drug-likeness (QED) is 0.580. The second-order valence-electron chi connectivity index (χ2n) is 7.37. The molecule has 0 bridgehead atoms. The van der Waals surface area contributed by atoms with Gasteiger partial charge in [0.05, 0.1) is 17.4 Å². The monoisotopic (exact) mass is 442 g/mol. The number of hydrogen-bond donors (Lipinski definition) is 4. The molecule has 0 saturated carbocycles. The number of aliphatic imine (C=N–C) groups is 1. The Hall–Kier alpha value is -2.39. The van der Waals surface area contributed by atoms with Gasteiger partial charge in [-0.25, -0.2) is 10.4 Å². The topological polar surface area (TPSA) is 92.6 Å². The highest BCUT2D eigenvalue weighted by Crippen LogP contribution is 2.32. The molecule has 2 aliphatic rings. The Balaban J connectivity index is 1.55. The smallest absolute Gasteiger partial charge is 0.234 e. The fourth-order valence-corrected chi connectivity index (χ4v) is 4.65. The van der Waals surface area contributed by atoms with E-state index in [1.807, 2.05) is 50.2 Å².